The molecule has 1 unspecified atom stereocenters. The fourth-order valence-corrected chi connectivity index (χ4v) is 2.75. The highest BCUT2D eigenvalue weighted by atomic mass is 35.5. The van der Waals surface area contributed by atoms with E-state index >= 15 is 0 Å². The molecular weight excluding hydrogens is 349 g/mol. The minimum absolute atomic E-state index is 0.0381. The van der Waals surface area contributed by atoms with Crippen LogP contribution in [0.25, 0.3) is 0 Å². The van der Waals surface area contributed by atoms with Crippen molar-refractivity contribution in [2.45, 2.75) is 19.3 Å². The molecule has 0 aliphatic carbocycles. The second-order valence-electron chi connectivity index (χ2n) is 5.39. The van der Waals surface area contributed by atoms with Crippen molar-refractivity contribution in [3.8, 4) is 11.5 Å². The summed E-state index contributed by atoms with van der Waals surface area (Å²) >= 11 is 12.0. The van der Waals surface area contributed by atoms with Gasteiger partial charge in [-0.3, -0.25) is 4.79 Å². The van der Waals surface area contributed by atoms with E-state index < -0.39 is 0 Å². The van der Waals surface area contributed by atoms with Gasteiger partial charge in [0, 0.05) is 17.5 Å². The molecule has 2 aromatic rings. The van der Waals surface area contributed by atoms with E-state index in [-0.39, 0.29) is 18.2 Å². The molecular formula is C18H19Cl2NO3. The predicted molar refractivity (Wildman–Crippen MR) is 97.7 cm³/mol. The van der Waals surface area contributed by atoms with Gasteiger partial charge >= 0.3 is 0 Å². The molecule has 128 valence electrons. The minimum atomic E-state index is -0.149. The number of methoxy groups -OCH3 is 2. The minimum Gasteiger partial charge on any atom is -0.497 e. The summed E-state index contributed by atoms with van der Waals surface area (Å²) in [4.78, 5) is 12.3. The second kappa shape index (κ2) is 8.27. The number of rotatable bonds is 6. The smallest absolute Gasteiger partial charge is 0.225 e. The Balaban J connectivity index is 2.10. The molecule has 24 heavy (non-hydrogen) atoms. The van der Waals surface area contributed by atoms with Gasteiger partial charge in [-0.1, -0.05) is 36.2 Å². The Bertz CT molecular complexity index is 734. The molecule has 2 rings (SSSR count). The summed E-state index contributed by atoms with van der Waals surface area (Å²) < 4.78 is 10.6. The third-order valence-corrected chi connectivity index (χ3v) is 4.23. The number of halogens is 2. The van der Waals surface area contributed by atoms with Gasteiger partial charge < -0.3 is 14.8 Å². The fourth-order valence-electron chi connectivity index (χ4n) is 2.41. The molecule has 1 amide bonds. The van der Waals surface area contributed by atoms with E-state index in [2.05, 4.69) is 5.32 Å². The Labute approximate surface area is 151 Å². The Morgan fingerprint density at radius 1 is 1.12 bits per heavy atom. The first-order valence-corrected chi connectivity index (χ1v) is 8.17. The SMILES string of the molecule is COc1ccc(C(C)CC(=O)Nc2cc(Cl)ccc2Cl)c(OC)c1. The van der Waals surface area contributed by atoms with E-state index in [0.29, 0.717) is 27.2 Å². The summed E-state index contributed by atoms with van der Waals surface area (Å²) in [6.45, 7) is 1.96. The van der Waals surface area contributed by atoms with Crippen LogP contribution >= 0.6 is 23.2 Å². The van der Waals surface area contributed by atoms with Crippen molar-refractivity contribution in [3.63, 3.8) is 0 Å². The number of benzene rings is 2. The van der Waals surface area contributed by atoms with E-state index in [0.717, 1.165) is 5.56 Å². The number of ether oxygens (including phenoxy) is 2. The van der Waals surface area contributed by atoms with Crippen LogP contribution in [0, 0.1) is 0 Å². The molecule has 4 nitrogen and oxygen atoms in total. The molecule has 6 heteroatoms. The lowest BCUT2D eigenvalue weighted by atomic mass is 9.96. The molecule has 1 atom stereocenters. The Kier molecular flexibility index (Phi) is 6.35. The average molecular weight is 368 g/mol. The van der Waals surface area contributed by atoms with Gasteiger partial charge in [-0.05, 0) is 35.7 Å². The molecule has 2 aromatic carbocycles. The van der Waals surface area contributed by atoms with Crippen molar-refractivity contribution in [1.29, 1.82) is 0 Å². The first kappa shape index (κ1) is 18.4. The van der Waals surface area contributed by atoms with Gasteiger partial charge in [-0.15, -0.1) is 0 Å². The Morgan fingerprint density at radius 3 is 2.54 bits per heavy atom. The zero-order chi connectivity index (χ0) is 17.7. The normalized spacial score (nSPS) is 11.7. The van der Waals surface area contributed by atoms with Gasteiger partial charge in [0.2, 0.25) is 5.91 Å². The van der Waals surface area contributed by atoms with Crippen molar-refractivity contribution < 1.29 is 14.3 Å². The summed E-state index contributed by atoms with van der Waals surface area (Å²) in [6, 6.07) is 10.5. The summed E-state index contributed by atoms with van der Waals surface area (Å²) in [6.07, 6.45) is 0.283. The number of amides is 1. The van der Waals surface area contributed by atoms with Crippen molar-refractivity contribution >= 4 is 34.8 Å². The summed E-state index contributed by atoms with van der Waals surface area (Å²) in [5.41, 5.74) is 1.44. The van der Waals surface area contributed by atoms with Gasteiger partial charge in [-0.25, -0.2) is 0 Å². The second-order valence-corrected chi connectivity index (χ2v) is 6.23. The van der Waals surface area contributed by atoms with Crippen LogP contribution in [-0.2, 0) is 4.79 Å². The van der Waals surface area contributed by atoms with Crippen LogP contribution in [-0.4, -0.2) is 20.1 Å². The van der Waals surface area contributed by atoms with Crippen LogP contribution in [0.2, 0.25) is 10.0 Å². The van der Waals surface area contributed by atoms with E-state index in [1.165, 1.54) is 0 Å². The lowest BCUT2D eigenvalue weighted by Crippen LogP contribution is -2.15. The molecule has 0 spiro atoms. The number of hydrogen-bond donors (Lipinski definition) is 1. The predicted octanol–water partition coefficient (Wildman–Crippen LogP) is 5.14. The maximum atomic E-state index is 12.3. The Morgan fingerprint density at radius 2 is 1.88 bits per heavy atom. The topological polar surface area (TPSA) is 47.6 Å². The third-order valence-electron chi connectivity index (χ3n) is 3.67. The molecule has 0 fully saturated rings. The van der Waals surface area contributed by atoms with Crippen molar-refractivity contribution in [2.75, 3.05) is 19.5 Å². The molecule has 0 aromatic heterocycles. The summed E-state index contributed by atoms with van der Waals surface area (Å²) in [7, 11) is 3.19. The molecule has 0 radical (unpaired) electrons. The van der Waals surface area contributed by atoms with Crippen LogP contribution < -0.4 is 14.8 Å². The van der Waals surface area contributed by atoms with E-state index in [9.17, 15) is 4.79 Å². The summed E-state index contributed by atoms with van der Waals surface area (Å²) in [5, 5.41) is 3.75. The van der Waals surface area contributed by atoms with E-state index in [4.69, 9.17) is 32.7 Å². The maximum absolute atomic E-state index is 12.3. The van der Waals surface area contributed by atoms with Crippen LogP contribution in [0.3, 0.4) is 0 Å². The largest absolute Gasteiger partial charge is 0.497 e. The lowest BCUT2D eigenvalue weighted by molar-refractivity contribution is -0.116. The lowest BCUT2D eigenvalue weighted by Gasteiger charge is -2.17. The van der Waals surface area contributed by atoms with Crippen LogP contribution in [0.4, 0.5) is 5.69 Å². The van der Waals surface area contributed by atoms with Gasteiger partial charge in [0.1, 0.15) is 11.5 Å². The highest BCUT2D eigenvalue weighted by Crippen LogP contribution is 2.33. The Hall–Kier alpha value is -1.91. The van der Waals surface area contributed by atoms with E-state index in [1.54, 1.807) is 38.5 Å². The van der Waals surface area contributed by atoms with Crippen LogP contribution in [0.1, 0.15) is 24.8 Å². The third kappa shape index (κ3) is 4.56. The van der Waals surface area contributed by atoms with E-state index in [1.807, 2.05) is 19.1 Å². The van der Waals surface area contributed by atoms with Crippen molar-refractivity contribution in [1.82, 2.24) is 0 Å². The molecule has 0 saturated carbocycles. The average Bonchev–Trinajstić information content (AvgIpc) is 2.57. The monoisotopic (exact) mass is 367 g/mol. The van der Waals surface area contributed by atoms with Gasteiger partial charge in [-0.2, -0.15) is 0 Å². The van der Waals surface area contributed by atoms with Crippen molar-refractivity contribution in [3.05, 3.63) is 52.0 Å². The first-order chi connectivity index (χ1) is 11.4. The zero-order valence-corrected chi connectivity index (χ0v) is 15.2. The van der Waals surface area contributed by atoms with Crippen LogP contribution in [0.15, 0.2) is 36.4 Å². The number of hydrogen-bond acceptors (Lipinski definition) is 3. The standard InChI is InChI=1S/C18H19Cl2NO3/c1-11(14-6-5-13(23-2)10-17(14)24-3)8-18(22)21-16-9-12(19)4-7-15(16)20/h4-7,9-11H,8H2,1-3H3,(H,21,22). The van der Waals surface area contributed by atoms with Gasteiger partial charge in [0.25, 0.3) is 0 Å². The fraction of sp³-hybridized carbons (Fsp3) is 0.278. The maximum Gasteiger partial charge on any atom is 0.225 e. The van der Waals surface area contributed by atoms with Gasteiger partial charge in [0.15, 0.2) is 0 Å². The van der Waals surface area contributed by atoms with Crippen LogP contribution in [0.5, 0.6) is 11.5 Å². The molecule has 0 heterocycles. The molecule has 0 bridgehead atoms. The number of anilines is 1. The summed E-state index contributed by atoms with van der Waals surface area (Å²) in [5.74, 6) is 1.21. The number of carbonyl (C=O) groups is 1. The molecule has 1 N–H and O–H groups in total. The zero-order valence-electron chi connectivity index (χ0n) is 13.7. The molecule has 0 aliphatic heterocycles. The number of nitrogens with one attached hydrogen (secondary N) is 1. The van der Waals surface area contributed by atoms with Gasteiger partial charge in [0.05, 0.1) is 24.9 Å². The van der Waals surface area contributed by atoms with Crippen molar-refractivity contribution in [2.24, 2.45) is 0 Å². The molecule has 0 saturated heterocycles. The molecule has 0 aliphatic rings. The quantitative estimate of drug-likeness (QED) is 0.768. The highest BCUT2D eigenvalue weighted by Gasteiger charge is 2.17. The highest BCUT2D eigenvalue weighted by molar-refractivity contribution is 6.35. The first-order valence-electron chi connectivity index (χ1n) is 7.41. The number of carbonyl (C=O) groups excluding carboxylic acids is 1.